The maximum atomic E-state index is 11.9. The van der Waals surface area contributed by atoms with E-state index < -0.39 is 0 Å². The van der Waals surface area contributed by atoms with Crippen molar-refractivity contribution in [3.8, 4) is 0 Å². The standard InChI is InChI=1S/C14H15BrN2OS/c1-9-13(19-10(2)16-9)7-8-14(18)17-12-5-3-11(15)4-6-12/h3-6H,7-8H2,1-2H3,(H,17,18). The van der Waals surface area contributed by atoms with Crippen LogP contribution in [0.25, 0.3) is 0 Å². The molecule has 2 rings (SSSR count). The van der Waals surface area contributed by atoms with Crippen LogP contribution >= 0.6 is 27.3 Å². The first kappa shape index (κ1) is 14.2. The van der Waals surface area contributed by atoms with Gasteiger partial charge < -0.3 is 5.32 Å². The highest BCUT2D eigenvalue weighted by molar-refractivity contribution is 9.10. The Morgan fingerprint density at radius 1 is 1.32 bits per heavy atom. The molecule has 0 aliphatic rings. The smallest absolute Gasteiger partial charge is 0.224 e. The third-order valence-electron chi connectivity index (χ3n) is 2.71. The fourth-order valence-electron chi connectivity index (χ4n) is 1.79. The summed E-state index contributed by atoms with van der Waals surface area (Å²) in [5.74, 6) is 0.0350. The van der Waals surface area contributed by atoms with Gasteiger partial charge in [-0.1, -0.05) is 15.9 Å². The second kappa shape index (κ2) is 6.30. The topological polar surface area (TPSA) is 42.0 Å². The Kier molecular flexibility index (Phi) is 4.71. The molecule has 5 heteroatoms. The van der Waals surface area contributed by atoms with Crippen LogP contribution in [0, 0.1) is 13.8 Å². The summed E-state index contributed by atoms with van der Waals surface area (Å²) in [7, 11) is 0. The number of amides is 1. The van der Waals surface area contributed by atoms with Crippen LogP contribution in [-0.4, -0.2) is 10.9 Å². The molecule has 1 heterocycles. The minimum Gasteiger partial charge on any atom is -0.326 e. The number of aryl methyl sites for hydroxylation is 3. The van der Waals surface area contributed by atoms with Crippen molar-refractivity contribution in [1.29, 1.82) is 0 Å². The SMILES string of the molecule is Cc1nc(C)c(CCC(=O)Nc2ccc(Br)cc2)s1. The lowest BCUT2D eigenvalue weighted by atomic mass is 10.2. The molecule has 0 fully saturated rings. The van der Waals surface area contributed by atoms with Gasteiger partial charge in [-0.3, -0.25) is 4.79 Å². The predicted octanol–water partition coefficient (Wildman–Crippen LogP) is 4.09. The minimum atomic E-state index is 0.0350. The highest BCUT2D eigenvalue weighted by Gasteiger charge is 2.08. The van der Waals surface area contributed by atoms with E-state index in [-0.39, 0.29) is 5.91 Å². The molecule has 0 unspecified atom stereocenters. The molecule has 1 N–H and O–H groups in total. The molecular weight excluding hydrogens is 324 g/mol. The Bertz CT molecular complexity index is 578. The van der Waals surface area contributed by atoms with Crippen LogP contribution in [0.15, 0.2) is 28.7 Å². The molecule has 0 saturated carbocycles. The molecule has 3 nitrogen and oxygen atoms in total. The summed E-state index contributed by atoms with van der Waals surface area (Å²) in [6, 6.07) is 7.58. The number of hydrogen-bond donors (Lipinski definition) is 1. The summed E-state index contributed by atoms with van der Waals surface area (Å²) in [6.07, 6.45) is 1.23. The van der Waals surface area contributed by atoms with Crippen molar-refractivity contribution < 1.29 is 4.79 Å². The normalized spacial score (nSPS) is 10.5. The predicted molar refractivity (Wildman–Crippen MR) is 82.7 cm³/mol. The van der Waals surface area contributed by atoms with Crippen molar-refractivity contribution in [1.82, 2.24) is 4.98 Å². The quantitative estimate of drug-likeness (QED) is 0.911. The van der Waals surface area contributed by atoms with Crippen molar-refractivity contribution in [2.24, 2.45) is 0 Å². The lowest BCUT2D eigenvalue weighted by Gasteiger charge is -2.04. The van der Waals surface area contributed by atoms with Gasteiger partial charge in [-0.05, 0) is 44.5 Å². The Labute approximate surface area is 125 Å². The van der Waals surface area contributed by atoms with Crippen molar-refractivity contribution in [2.45, 2.75) is 26.7 Å². The lowest BCUT2D eigenvalue weighted by Crippen LogP contribution is -2.12. The molecule has 0 aliphatic carbocycles. The van der Waals surface area contributed by atoms with Crippen molar-refractivity contribution in [2.75, 3.05) is 5.32 Å². The zero-order valence-corrected chi connectivity index (χ0v) is 13.3. The van der Waals surface area contributed by atoms with Gasteiger partial charge in [0.25, 0.3) is 0 Å². The first-order valence-corrected chi connectivity index (χ1v) is 7.64. The molecule has 0 bridgehead atoms. The molecule has 19 heavy (non-hydrogen) atoms. The number of carbonyl (C=O) groups excluding carboxylic acids is 1. The van der Waals surface area contributed by atoms with Crippen LogP contribution in [0.5, 0.6) is 0 Å². The number of carbonyl (C=O) groups is 1. The van der Waals surface area contributed by atoms with Crippen molar-refractivity contribution in [3.63, 3.8) is 0 Å². The van der Waals surface area contributed by atoms with E-state index in [0.717, 1.165) is 27.3 Å². The van der Waals surface area contributed by atoms with Crippen LogP contribution in [0.1, 0.15) is 22.0 Å². The van der Waals surface area contributed by atoms with Crippen LogP contribution in [-0.2, 0) is 11.2 Å². The summed E-state index contributed by atoms with van der Waals surface area (Å²) >= 11 is 5.03. The fourth-order valence-corrected chi connectivity index (χ4v) is 2.99. The summed E-state index contributed by atoms with van der Waals surface area (Å²) < 4.78 is 1.00. The number of nitrogens with zero attached hydrogens (tertiary/aromatic N) is 1. The third-order valence-corrected chi connectivity index (χ3v) is 4.37. The van der Waals surface area contributed by atoms with Gasteiger partial charge in [0.05, 0.1) is 10.7 Å². The van der Waals surface area contributed by atoms with Crippen LogP contribution in [0.4, 0.5) is 5.69 Å². The van der Waals surface area contributed by atoms with E-state index in [1.165, 1.54) is 4.88 Å². The van der Waals surface area contributed by atoms with Gasteiger partial charge in [0.2, 0.25) is 5.91 Å². The molecule has 1 aromatic carbocycles. The Hall–Kier alpha value is -1.20. The zero-order chi connectivity index (χ0) is 13.8. The number of aromatic nitrogens is 1. The summed E-state index contributed by atoms with van der Waals surface area (Å²) in [6.45, 7) is 3.98. The van der Waals surface area contributed by atoms with E-state index in [4.69, 9.17) is 0 Å². The average Bonchev–Trinajstić information content (AvgIpc) is 2.68. The van der Waals surface area contributed by atoms with E-state index >= 15 is 0 Å². The van der Waals surface area contributed by atoms with Gasteiger partial charge in [0, 0.05) is 21.5 Å². The van der Waals surface area contributed by atoms with Crippen molar-refractivity contribution in [3.05, 3.63) is 44.3 Å². The minimum absolute atomic E-state index is 0.0350. The molecule has 0 radical (unpaired) electrons. The zero-order valence-electron chi connectivity index (χ0n) is 10.9. The maximum absolute atomic E-state index is 11.9. The van der Waals surface area contributed by atoms with Gasteiger partial charge in [-0.15, -0.1) is 11.3 Å². The third kappa shape index (κ3) is 4.14. The molecular formula is C14H15BrN2OS. The number of hydrogen-bond acceptors (Lipinski definition) is 3. The number of rotatable bonds is 4. The Balaban J connectivity index is 1.88. The Morgan fingerprint density at radius 3 is 2.58 bits per heavy atom. The van der Waals surface area contributed by atoms with Crippen molar-refractivity contribution >= 4 is 38.9 Å². The molecule has 100 valence electrons. The molecule has 2 aromatic rings. The molecule has 0 saturated heterocycles. The van der Waals surface area contributed by atoms with E-state index in [1.54, 1.807) is 11.3 Å². The highest BCUT2D eigenvalue weighted by atomic mass is 79.9. The van der Waals surface area contributed by atoms with E-state index in [2.05, 4.69) is 26.2 Å². The first-order chi connectivity index (χ1) is 9.04. The molecule has 1 amide bonds. The molecule has 1 aromatic heterocycles. The van der Waals surface area contributed by atoms with Gasteiger partial charge >= 0.3 is 0 Å². The lowest BCUT2D eigenvalue weighted by molar-refractivity contribution is -0.116. The number of anilines is 1. The second-order valence-electron chi connectivity index (χ2n) is 4.30. The molecule has 0 aliphatic heterocycles. The van der Waals surface area contributed by atoms with Crippen LogP contribution in [0.3, 0.4) is 0 Å². The van der Waals surface area contributed by atoms with Gasteiger partial charge in [0.15, 0.2) is 0 Å². The van der Waals surface area contributed by atoms with Gasteiger partial charge in [-0.2, -0.15) is 0 Å². The van der Waals surface area contributed by atoms with Crippen LogP contribution < -0.4 is 5.32 Å². The summed E-state index contributed by atoms with van der Waals surface area (Å²) in [4.78, 5) is 17.4. The van der Waals surface area contributed by atoms with Gasteiger partial charge in [-0.25, -0.2) is 4.98 Å². The molecule has 0 spiro atoms. The molecule has 0 atom stereocenters. The second-order valence-corrected chi connectivity index (χ2v) is 6.50. The monoisotopic (exact) mass is 338 g/mol. The fraction of sp³-hybridized carbons (Fsp3) is 0.286. The van der Waals surface area contributed by atoms with E-state index in [9.17, 15) is 4.79 Å². The summed E-state index contributed by atoms with van der Waals surface area (Å²) in [5.41, 5.74) is 1.87. The number of thiazole rings is 1. The number of benzene rings is 1. The average molecular weight is 339 g/mol. The maximum Gasteiger partial charge on any atom is 0.224 e. The number of halogens is 1. The Morgan fingerprint density at radius 2 is 2.00 bits per heavy atom. The number of nitrogens with one attached hydrogen (secondary N) is 1. The van der Waals surface area contributed by atoms with E-state index in [0.29, 0.717) is 6.42 Å². The van der Waals surface area contributed by atoms with E-state index in [1.807, 2.05) is 38.1 Å². The largest absolute Gasteiger partial charge is 0.326 e. The van der Waals surface area contributed by atoms with Crippen LogP contribution in [0.2, 0.25) is 0 Å². The summed E-state index contributed by atoms with van der Waals surface area (Å²) in [5, 5.41) is 3.95. The van der Waals surface area contributed by atoms with Gasteiger partial charge in [0.1, 0.15) is 0 Å². The highest BCUT2D eigenvalue weighted by Crippen LogP contribution is 2.19. The first-order valence-electron chi connectivity index (χ1n) is 6.03.